The van der Waals surface area contributed by atoms with Crippen LogP contribution < -0.4 is 0 Å². The number of fused-ring (bicyclic) bond motifs is 1. The third-order valence-corrected chi connectivity index (χ3v) is 5.98. The molecule has 1 atom stereocenters. The molecule has 3 rings (SSSR count). The zero-order valence-corrected chi connectivity index (χ0v) is 16.4. The summed E-state index contributed by atoms with van der Waals surface area (Å²) in [5.74, 6) is -0.419. The topological polar surface area (TPSA) is 63.1 Å². The number of thiophene rings is 1. The summed E-state index contributed by atoms with van der Waals surface area (Å²) >= 11 is 8.98. The second-order valence-electron chi connectivity index (χ2n) is 6.00. The van der Waals surface area contributed by atoms with Crippen LogP contribution in [0.5, 0.6) is 0 Å². The Labute approximate surface area is 159 Å². The predicted octanol–water partition coefficient (Wildman–Crippen LogP) is 5.70. The van der Waals surface area contributed by atoms with E-state index in [1.54, 1.807) is 6.92 Å². The maximum absolute atomic E-state index is 11.0. The van der Waals surface area contributed by atoms with Crippen molar-refractivity contribution in [2.45, 2.75) is 37.1 Å². The lowest BCUT2D eigenvalue weighted by Gasteiger charge is -2.08. The molecule has 0 saturated carbocycles. The molecule has 4 nitrogen and oxygen atoms in total. The number of carbonyl (C=O) groups is 1. The molecular weight excluding hydrogens is 376 g/mol. The molecule has 0 aliphatic rings. The SMILES string of the molecule is CC(Sc1nc(Cl)c2c(-c3ccc(C(C)C)cc3)csc2n1)C(=O)O. The number of thioether (sulfide) groups is 1. The molecule has 0 radical (unpaired) electrons. The number of aliphatic carboxylic acids is 1. The van der Waals surface area contributed by atoms with Crippen LogP contribution in [0.2, 0.25) is 5.15 Å². The Kier molecular flexibility index (Phi) is 5.32. The number of halogens is 1. The second kappa shape index (κ2) is 7.32. The summed E-state index contributed by atoms with van der Waals surface area (Å²) in [6.07, 6.45) is 0. The van der Waals surface area contributed by atoms with Crippen LogP contribution in [-0.2, 0) is 4.79 Å². The van der Waals surface area contributed by atoms with Crippen LogP contribution in [0.3, 0.4) is 0 Å². The van der Waals surface area contributed by atoms with Crippen molar-refractivity contribution in [1.29, 1.82) is 0 Å². The molecule has 0 aliphatic carbocycles. The molecule has 3 aromatic rings. The Morgan fingerprint density at radius 1 is 1.20 bits per heavy atom. The Bertz CT molecular complexity index is 923. The first-order chi connectivity index (χ1) is 11.9. The van der Waals surface area contributed by atoms with Crippen LogP contribution in [0, 0.1) is 0 Å². The number of carboxylic acid groups (broad SMARTS) is 1. The number of rotatable bonds is 5. The largest absolute Gasteiger partial charge is 0.480 e. The number of hydrogen-bond donors (Lipinski definition) is 1. The third kappa shape index (κ3) is 3.81. The molecule has 130 valence electrons. The van der Waals surface area contributed by atoms with Crippen molar-refractivity contribution >= 4 is 50.9 Å². The summed E-state index contributed by atoms with van der Waals surface area (Å²) in [6, 6.07) is 8.42. The minimum atomic E-state index is -0.901. The van der Waals surface area contributed by atoms with Crippen LogP contribution in [0.4, 0.5) is 0 Å². The summed E-state index contributed by atoms with van der Waals surface area (Å²) < 4.78 is 0. The van der Waals surface area contributed by atoms with E-state index < -0.39 is 11.2 Å². The second-order valence-corrected chi connectivity index (χ2v) is 8.53. The lowest BCUT2D eigenvalue weighted by atomic mass is 9.99. The molecule has 0 aliphatic heterocycles. The molecule has 2 aromatic heterocycles. The van der Waals surface area contributed by atoms with Gasteiger partial charge in [-0.15, -0.1) is 11.3 Å². The molecule has 0 amide bonds. The molecule has 0 spiro atoms. The molecule has 1 aromatic carbocycles. The number of benzene rings is 1. The molecular formula is C18H17ClN2O2S2. The molecule has 2 heterocycles. The van der Waals surface area contributed by atoms with Gasteiger partial charge in [0, 0.05) is 10.9 Å². The minimum absolute atomic E-state index is 0.356. The maximum atomic E-state index is 11.0. The van der Waals surface area contributed by atoms with Gasteiger partial charge in [0.05, 0.1) is 5.39 Å². The first kappa shape index (κ1) is 18.2. The number of nitrogens with zero attached hydrogens (tertiary/aromatic N) is 2. The first-order valence-electron chi connectivity index (χ1n) is 7.81. The van der Waals surface area contributed by atoms with Gasteiger partial charge in [-0.1, -0.05) is 61.5 Å². The Hall–Kier alpha value is -1.63. The van der Waals surface area contributed by atoms with Crippen molar-refractivity contribution in [2.75, 3.05) is 0 Å². The van der Waals surface area contributed by atoms with Crippen LogP contribution in [0.15, 0.2) is 34.8 Å². The van der Waals surface area contributed by atoms with Gasteiger partial charge in [0.25, 0.3) is 0 Å². The van der Waals surface area contributed by atoms with Gasteiger partial charge in [0.15, 0.2) is 5.16 Å². The fourth-order valence-electron chi connectivity index (χ4n) is 2.40. The fourth-order valence-corrected chi connectivity index (χ4v) is 4.49. The highest BCUT2D eigenvalue weighted by atomic mass is 35.5. The maximum Gasteiger partial charge on any atom is 0.316 e. The molecule has 25 heavy (non-hydrogen) atoms. The van der Waals surface area contributed by atoms with Gasteiger partial charge in [-0.2, -0.15) is 0 Å². The highest BCUT2D eigenvalue weighted by Crippen LogP contribution is 2.38. The van der Waals surface area contributed by atoms with Crippen molar-refractivity contribution < 1.29 is 9.90 Å². The van der Waals surface area contributed by atoms with E-state index in [0.717, 1.165) is 33.1 Å². The van der Waals surface area contributed by atoms with E-state index in [4.69, 9.17) is 16.7 Å². The van der Waals surface area contributed by atoms with Crippen molar-refractivity contribution in [1.82, 2.24) is 9.97 Å². The van der Waals surface area contributed by atoms with Crippen LogP contribution in [0.25, 0.3) is 21.3 Å². The van der Waals surface area contributed by atoms with Crippen LogP contribution in [0.1, 0.15) is 32.3 Å². The molecule has 0 bridgehead atoms. The van der Waals surface area contributed by atoms with Crippen LogP contribution >= 0.6 is 34.7 Å². The predicted molar refractivity (Wildman–Crippen MR) is 105 cm³/mol. The van der Waals surface area contributed by atoms with E-state index in [2.05, 4.69) is 48.1 Å². The number of carboxylic acids is 1. The third-order valence-electron chi connectivity index (χ3n) is 3.89. The summed E-state index contributed by atoms with van der Waals surface area (Å²) in [5, 5.41) is 12.0. The van der Waals surface area contributed by atoms with Gasteiger partial charge < -0.3 is 5.11 Å². The monoisotopic (exact) mass is 392 g/mol. The van der Waals surface area contributed by atoms with Gasteiger partial charge in [-0.05, 0) is 24.0 Å². The Morgan fingerprint density at radius 2 is 1.88 bits per heavy atom. The highest BCUT2D eigenvalue weighted by molar-refractivity contribution is 8.00. The van der Waals surface area contributed by atoms with Gasteiger partial charge in [-0.3, -0.25) is 4.79 Å². The number of hydrogen-bond acceptors (Lipinski definition) is 5. The number of aromatic nitrogens is 2. The Balaban J connectivity index is 2.00. The molecule has 7 heteroatoms. The van der Waals surface area contributed by atoms with Crippen molar-refractivity contribution in [3.8, 4) is 11.1 Å². The molecule has 0 saturated heterocycles. The quantitative estimate of drug-likeness (QED) is 0.342. The van der Waals surface area contributed by atoms with E-state index in [1.165, 1.54) is 16.9 Å². The van der Waals surface area contributed by atoms with Gasteiger partial charge >= 0.3 is 5.97 Å². The van der Waals surface area contributed by atoms with Gasteiger partial charge in [-0.25, -0.2) is 9.97 Å². The van der Waals surface area contributed by atoms with Crippen molar-refractivity contribution in [2.24, 2.45) is 0 Å². The van der Waals surface area contributed by atoms with E-state index >= 15 is 0 Å². The summed E-state index contributed by atoms with van der Waals surface area (Å²) in [4.78, 5) is 20.5. The van der Waals surface area contributed by atoms with Gasteiger partial charge in [0.2, 0.25) is 0 Å². The zero-order chi connectivity index (χ0) is 18.1. The van der Waals surface area contributed by atoms with Crippen molar-refractivity contribution in [3.05, 3.63) is 40.4 Å². The lowest BCUT2D eigenvalue weighted by molar-refractivity contribution is -0.136. The van der Waals surface area contributed by atoms with Crippen LogP contribution in [-0.4, -0.2) is 26.3 Å². The van der Waals surface area contributed by atoms with E-state index in [-0.39, 0.29) is 0 Å². The standard InChI is InChI=1S/C18H17ClN2O2S2/c1-9(2)11-4-6-12(7-5-11)13-8-24-16-14(13)15(19)20-18(21-16)25-10(3)17(22)23/h4-10H,1-3H3,(H,22,23). The summed E-state index contributed by atoms with van der Waals surface area (Å²) in [7, 11) is 0. The molecule has 1 N–H and O–H groups in total. The average Bonchev–Trinajstić information content (AvgIpc) is 2.99. The lowest BCUT2D eigenvalue weighted by Crippen LogP contribution is -2.11. The van der Waals surface area contributed by atoms with E-state index in [9.17, 15) is 4.79 Å². The smallest absolute Gasteiger partial charge is 0.316 e. The summed E-state index contributed by atoms with van der Waals surface area (Å²) in [5.41, 5.74) is 3.36. The van der Waals surface area contributed by atoms with E-state index in [1.807, 2.05) is 5.38 Å². The first-order valence-corrected chi connectivity index (χ1v) is 9.95. The fraction of sp³-hybridized carbons (Fsp3) is 0.278. The van der Waals surface area contributed by atoms with Gasteiger partial charge in [0.1, 0.15) is 15.2 Å². The minimum Gasteiger partial charge on any atom is -0.480 e. The summed E-state index contributed by atoms with van der Waals surface area (Å²) in [6.45, 7) is 5.93. The molecule has 1 unspecified atom stereocenters. The zero-order valence-electron chi connectivity index (χ0n) is 14.0. The average molecular weight is 393 g/mol. The molecule has 0 fully saturated rings. The highest BCUT2D eigenvalue weighted by Gasteiger charge is 2.18. The Morgan fingerprint density at radius 3 is 2.48 bits per heavy atom. The van der Waals surface area contributed by atoms with Crippen molar-refractivity contribution in [3.63, 3.8) is 0 Å². The van der Waals surface area contributed by atoms with E-state index in [0.29, 0.717) is 16.2 Å². The normalized spacial score (nSPS) is 12.7.